The number of hydrogen-bond donors (Lipinski definition) is 2. The van der Waals surface area contributed by atoms with Gasteiger partial charge in [-0.05, 0) is 31.2 Å². The van der Waals surface area contributed by atoms with E-state index in [0.717, 1.165) is 5.69 Å². The van der Waals surface area contributed by atoms with Gasteiger partial charge in [0.05, 0.1) is 11.4 Å². The third kappa shape index (κ3) is 3.26. The number of nitrogens with one attached hydrogen (secondary N) is 2. The van der Waals surface area contributed by atoms with E-state index in [9.17, 15) is 8.42 Å². The Labute approximate surface area is 96.1 Å². The van der Waals surface area contributed by atoms with Gasteiger partial charge in [0.15, 0.2) is 0 Å². The molecule has 1 aromatic carbocycles. The van der Waals surface area contributed by atoms with E-state index in [0.29, 0.717) is 0 Å². The van der Waals surface area contributed by atoms with Gasteiger partial charge in [-0.15, -0.1) is 5.92 Å². The summed E-state index contributed by atoms with van der Waals surface area (Å²) in [4.78, 5) is 0.240. The maximum absolute atomic E-state index is 11.7. The highest BCUT2D eigenvalue weighted by Crippen LogP contribution is 2.12. The zero-order valence-electron chi connectivity index (χ0n) is 9.24. The van der Waals surface area contributed by atoms with E-state index in [4.69, 9.17) is 0 Å². The normalized spacial score (nSPS) is 10.4. The van der Waals surface area contributed by atoms with Gasteiger partial charge in [0.25, 0.3) is 0 Å². The van der Waals surface area contributed by atoms with Crippen LogP contribution in [0.1, 0.15) is 6.92 Å². The van der Waals surface area contributed by atoms with E-state index >= 15 is 0 Å². The molecular weight excluding hydrogens is 224 g/mol. The molecule has 5 heteroatoms. The second-order valence-corrected chi connectivity index (χ2v) is 4.79. The fourth-order valence-electron chi connectivity index (χ4n) is 1.10. The van der Waals surface area contributed by atoms with Crippen molar-refractivity contribution in [3.8, 4) is 11.8 Å². The molecule has 0 aliphatic heterocycles. The summed E-state index contributed by atoms with van der Waals surface area (Å²) in [6.07, 6.45) is 0. The van der Waals surface area contributed by atoms with Crippen LogP contribution in [-0.2, 0) is 10.0 Å². The molecule has 0 unspecified atom stereocenters. The summed E-state index contributed by atoms with van der Waals surface area (Å²) in [5.74, 6) is 5.27. The second kappa shape index (κ2) is 5.54. The molecule has 0 aliphatic carbocycles. The molecule has 2 N–H and O–H groups in total. The van der Waals surface area contributed by atoms with E-state index in [1.165, 1.54) is 0 Å². The average molecular weight is 238 g/mol. The highest BCUT2D eigenvalue weighted by Gasteiger charge is 2.11. The smallest absolute Gasteiger partial charge is 0.241 e. The molecule has 0 spiro atoms. The van der Waals surface area contributed by atoms with Crippen LogP contribution in [-0.4, -0.2) is 22.0 Å². The Hall–Kier alpha value is -1.51. The van der Waals surface area contributed by atoms with Crippen molar-refractivity contribution >= 4 is 15.7 Å². The Kier molecular flexibility index (Phi) is 4.35. The van der Waals surface area contributed by atoms with Gasteiger partial charge < -0.3 is 5.32 Å². The van der Waals surface area contributed by atoms with Gasteiger partial charge in [-0.2, -0.15) is 4.72 Å². The molecule has 0 amide bonds. The first-order valence-electron chi connectivity index (χ1n) is 4.77. The first-order valence-corrected chi connectivity index (χ1v) is 6.25. The van der Waals surface area contributed by atoms with Crippen LogP contribution < -0.4 is 10.0 Å². The molecule has 0 saturated carbocycles. The summed E-state index contributed by atoms with van der Waals surface area (Å²) in [5.41, 5.74) is 0.868. The van der Waals surface area contributed by atoms with Crippen molar-refractivity contribution in [2.45, 2.75) is 11.8 Å². The molecule has 1 rings (SSSR count). The molecular formula is C11H14N2O2S. The van der Waals surface area contributed by atoms with E-state index in [1.807, 2.05) is 0 Å². The Balaban J connectivity index is 2.84. The summed E-state index contributed by atoms with van der Waals surface area (Å²) in [6, 6.07) is 6.52. The molecule has 1 aromatic rings. The molecule has 86 valence electrons. The standard InChI is InChI=1S/C11H14N2O2S/c1-3-4-9-13-16(14,15)11-7-5-10(12-2)6-8-11/h5-8,12-13H,9H2,1-2H3. The van der Waals surface area contributed by atoms with Crippen LogP contribution in [0.4, 0.5) is 5.69 Å². The summed E-state index contributed by atoms with van der Waals surface area (Å²) >= 11 is 0. The number of anilines is 1. The lowest BCUT2D eigenvalue weighted by Gasteiger charge is -2.05. The maximum Gasteiger partial charge on any atom is 0.241 e. The lowest BCUT2D eigenvalue weighted by Crippen LogP contribution is -2.23. The summed E-state index contributed by atoms with van der Waals surface area (Å²) in [6.45, 7) is 1.79. The molecule has 0 saturated heterocycles. The molecule has 0 fully saturated rings. The van der Waals surface area contributed by atoms with Gasteiger partial charge in [0.2, 0.25) is 10.0 Å². The van der Waals surface area contributed by atoms with Crippen molar-refractivity contribution in [2.75, 3.05) is 18.9 Å². The number of benzene rings is 1. The van der Waals surface area contributed by atoms with Gasteiger partial charge in [-0.1, -0.05) is 5.92 Å². The summed E-state index contributed by atoms with van der Waals surface area (Å²) in [7, 11) is -1.66. The fraction of sp³-hybridized carbons (Fsp3) is 0.273. The van der Waals surface area contributed by atoms with Gasteiger partial charge in [-0.25, -0.2) is 8.42 Å². The molecule has 0 radical (unpaired) electrons. The van der Waals surface area contributed by atoms with Crippen LogP contribution in [0.25, 0.3) is 0 Å². The van der Waals surface area contributed by atoms with E-state index < -0.39 is 10.0 Å². The number of sulfonamides is 1. The van der Waals surface area contributed by atoms with Gasteiger partial charge in [0.1, 0.15) is 0 Å². The summed E-state index contributed by atoms with van der Waals surface area (Å²) < 4.78 is 25.8. The lowest BCUT2D eigenvalue weighted by molar-refractivity contribution is 0.586. The van der Waals surface area contributed by atoms with Crippen LogP contribution in [0.3, 0.4) is 0 Å². The van der Waals surface area contributed by atoms with E-state index in [2.05, 4.69) is 21.9 Å². The Morgan fingerprint density at radius 2 is 1.88 bits per heavy atom. The highest BCUT2D eigenvalue weighted by molar-refractivity contribution is 7.89. The fourth-order valence-corrected chi connectivity index (χ4v) is 2.03. The number of hydrogen-bond acceptors (Lipinski definition) is 3. The Morgan fingerprint density at radius 1 is 1.25 bits per heavy atom. The predicted octanol–water partition coefficient (Wildman–Crippen LogP) is 1.03. The Morgan fingerprint density at radius 3 is 2.38 bits per heavy atom. The van der Waals surface area contributed by atoms with Crippen molar-refractivity contribution in [2.24, 2.45) is 0 Å². The average Bonchev–Trinajstić information content (AvgIpc) is 2.29. The molecule has 0 atom stereocenters. The Bertz CT molecular complexity index is 495. The monoisotopic (exact) mass is 238 g/mol. The minimum Gasteiger partial charge on any atom is -0.388 e. The van der Waals surface area contributed by atoms with Crippen molar-refractivity contribution < 1.29 is 8.42 Å². The minimum absolute atomic E-state index is 0.132. The van der Waals surface area contributed by atoms with Crippen LogP contribution in [0.5, 0.6) is 0 Å². The predicted molar refractivity (Wildman–Crippen MR) is 64.6 cm³/mol. The van der Waals surface area contributed by atoms with E-state index in [-0.39, 0.29) is 11.4 Å². The molecule has 4 nitrogen and oxygen atoms in total. The van der Waals surface area contributed by atoms with Crippen molar-refractivity contribution in [3.63, 3.8) is 0 Å². The summed E-state index contributed by atoms with van der Waals surface area (Å²) in [5, 5.41) is 2.92. The van der Waals surface area contributed by atoms with Crippen molar-refractivity contribution in [3.05, 3.63) is 24.3 Å². The van der Waals surface area contributed by atoms with Gasteiger partial charge >= 0.3 is 0 Å². The maximum atomic E-state index is 11.7. The van der Waals surface area contributed by atoms with Crippen LogP contribution in [0, 0.1) is 11.8 Å². The first-order chi connectivity index (χ1) is 7.60. The SMILES string of the molecule is CC#CCNS(=O)(=O)c1ccc(NC)cc1. The molecule has 0 bridgehead atoms. The van der Waals surface area contributed by atoms with Gasteiger partial charge in [-0.3, -0.25) is 0 Å². The topological polar surface area (TPSA) is 58.2 Å². The van der Waals surface area contributed by atoms with Crippen LogP contribution in [0.15, 0.2) is 29.2 Å². The van der Waals surface area contributed by atoms with Crippen LogP contribution >= 0.6 is 0 Å². The second-order valence-electron chi connectivity index (χ2n) is 3.03. The molecule has 16 heavy (non-hydrogen) atoms. The largest absolute Gasteiger partial charge is 0.388 e. The van der Waals surface area contributed by atoms with E-state index in [1.54, 1.807) is 38.2 Å². The molecule has 0 aliphatic rings. The van der Waals surface area contributed by atoms with Crippen LogP contribution in [0.2, 0.25) is 0 Å². The van der Waals surface area contributed by atoms with Crippen molar-refractivity contribution in [1.29, 1.82) is 0 Å². The zero-order valence-corrected chi connectivity index (χ0v) is 10.1. The van der Waals surface area contributed by atoms with Crippen molar-refractivity contribution in [1.82, 2.24) is 4.72 Å². The third-order valence-corrected chi connectivity index (χ3v) is 3.40. The number of rotatable bonds is 4. The van der Waals surface area contributed by atoms with Gasteiger partial charge in [0, 0.05) is 12.7 Å². The molecule has 0 heterocycles. The molecule has 0 aromatic heterocycles. The minimum atomic E-state index is -3.44. The lowest BCUT2D eigenvalue weighted by atomic mass is 10.3. The first kappa shape index (κ1) is 12.6. The third-order valence-electron chi connectivity index (χ3n) is 1.98. The zero-order chi connectivity index (χ0) is 12.0. The quantitative estimate of drug-likeness (QED) is 0.770. The highest BCUT2D eigenvalue weighted by atomic mass is 32.2.